The van der Waals surface area contributed by atoms with Crippen molar-refractivity contribution in [3.8, 4) is 0 Å². The molecule has 0 aromatic carbocycles. The highest BCUT2D eigenvalue weighted by molar-refractivity contribution is 7.85. The number of rotatable bonds is 8. The Hall–Kier alpha value is -0.130. The second kappa shape index (κ2) is 7.29. The van der Waals surface area contributed by atoms with Crippen LogP contribution in [0.15, 0.2) is 0 Å². The topological polar surface area (TPSA) is 52.6 Å². The summed E-state index contributed by atoms with van der Waals surface area (Å²) in [5, 5.41) is 0. The Balaban J connectivity index is 3.09. The van der Waals surface area contributed by atoms with Gasteiger partial charge in [0.05, 0.1) is 12.9 Å². The van der Waals surface area contributed by atoms with Crippen LogP contribution in [0.2, 0.25) is 0 Å². The predicted octanol–water partition coefficient (Wildman–Crippen LogP) is 1.17. The fraction of sp³-hybridized carbons (Fsp3) is 1.00. The monoisotopic (exact) mass is 210 g/mol. The molecule has 0 aromatic rings. The van der Waals surface area contributed by atoms with Crippen molar-refractivity contribution in [1.82, 2.24) is 0 Å². The van der Waals surface area contributed by atoms with E-state index in [-0.39, 0.29) is 6.61 Å². The number of ether oxygens (including phenoxy) is 1. The summed E-state index contributed by atoms with van der Waals surface area (Å²) in [5.41, 5.74) is 0. The minimum atomic E-state index is -3.26. The molecule has 13 heavy (non-hydrogen) atoms. The van der Waals surface area contributed by atoms with Gasteiger partial charge in [0, 0.05) is 13.2 Å². The quantitative estimate of drug-likeness (QED) is 0.446. The van der Waals surface area contributed by atoms with Crippen LogP contribution in [0.3, 0.4) is 0 Å². The summed E-state index contributed by atoms with van der Waals surface area (Å²) < 4.78 is 30.8. The average molecular weight is 210 g/mol. The summed E-state index contributed by atoms with van der Waals surface area (Å²) in [7, 11) is -3.26. The molecular formula is C8H18O4S. The average Bonchev–Trinajstić information content (AvgIpc) is 2.01. The molecule has 0 aliphatic carbocycles. The summed E-state index contributed by atoms with van der Waals surface area (Å²) in [6.07, 6.45) is 3.63. The molecule has 0 spiro atoms. The number of hydrogen-bond acceptors (Lipinski definition) is 4. The largest absolute Gasteiger partial charge is 0.381 e. The Kier molecular flexibility index (Phi) is 7.22. The fourth-order valence-corrected chi connectivity index (χ4v) is 1.18. The van der Waals surface area contributed by atoms with Gasteiger partial charge in [0.15, 0.2) is 0 Å². The molecule has 0 aliphatic rings. The van der Waals surface area contributed by atoms with Crippen molar-refractivity contribution in [2.45, 2.75) is 26.2 Å². The third kappa shape index (κ3) is 11.9. The van der Waals surface area contributed by atoms with Gasteiger partial charge >= 0.3 is 0 Å². The summed E-state index contributed by atoms with van der Waals surface area (Å²) in [6.45, 7) is 3.76. The highest BCUT2D eigenvalue weighted by Crippen LogP contribution is 1.95. The first-order valence-electron chi connectivity index (χ1n) is 4.48. The first-order chi connectivity index (χ1) is 6.06. The zero-order valence-electron chi connectivity index (χ0n) is 8.28. The van der Waals surface area contributed by atoms with Crippen LogP contribution in [0.5, 0.6) is 0 Å². The number of hydrogen-bond donors (Lipinski definition) is 0. The van der Waals surface area contributed by atoms with Crippen molar-refractivity contribution in [1.29, 1.82) is 0 Å². The first kappa shape index (κ1) is 12.9. The Morgan fingerprint density at radius 3 is 2.23 bits per heavy atom. The smallest absolute Gasteiger partial charge is 0.264 e. The van der Waals surface area contributed by atoms with Gasteiger partial charge in [-0.05, 0) is 19.3 Å². The van der Waals surface area contributed by atoms with Crippen LogP contribution in [-0.2, 0) is 19.0 Å². The lowest BCUT2D eigenvalue weighted by Gasteiger charge is -2.02. The maximum absolute atomic E-state index is 10.5. The van der Waals surface area contributed by atoms with E-state index in [1.54, 1.807) is 0 Å². The SMILES string of the molecule is CCCOCCCCOS(C)(=O)=O. The molecule has 0 heterocycles. The third-order valence-electron chi connectivity index (χ3n) is 1.33. The van der Waals surface area contributed by atoms with Gasteiger partial charge in [-0.25, -0.2) is 0 Å². The lowest BCUT2D eigenvalue weighted by Crippen LogP contribution is -2.05. The standard InChI is InChI=1S/C8H18O4S/c1-3-6-11-7-4-5-8-12-13(2,9)10/h3-8H2,1-2H3. The Labute approximate surface area is 80.4 Å². The zero-order chi connectivity index (χ0) is 10.2. The second-order valence-corrected chi connectivity index (χ2v) is 4.49. The molecule has 80 valence electrons. The van der Waals surface area contributed by atoms with Gasteiger partial charge in [-0.15, -0.1) is 0 Å². The van der Waals surface area contributed by atoms with Crippen LogP contribution in [-0.4, -0.2) is 34.5 Å². The molecule has 0 bridgehead atoms. The van der Waals surface area contributed by atoms with E-state index in [2.05, 4.69) is 4.18 Å². The molecule has 0 atom stereocenters. The lowest BCUT2D eigenvalue weighted by atomic mass is 10.3. The van der Waals surface area contributed by atoms with Crippen molar-refractivity contribution in [2.75, 3.05) is 26.1 Å². The van der Waals surface area contributed by atoms with Gasteiger partial charge in [-0.1, -0.05) is 6.92 Å². The van der Waals surface area contributed by atoms with Crippen molar-refractivity contribution >= 4 is 10.1 Å². The summed E-state index contributed by atoms with van der Waals surface area (Å²) in [4.78, 5) is 0. The van der Waals surface area contributed by atoms with Crippen molar-refractivity contribution in [2.24, 2.45) is 0 Å². The molecule has 4 nitrogen and oxygen atoms in total. The van der Waals surface area contributed by atoms with Gasteiger partial charge in [0.1, 0.15) is 0 Å². The van der Waals surface area contributed by atoms with Gasteiger partial charge < -0.3 is 4.74 Å². The van der Waals surface area contributed by atoms with Gasteiger partial charge in [-0.3, -0.25) is 4.18 Å². The molecule has 0 N–H and O–H groups in total. The zero-order valence-corrected chi connectivity index (χ0v) is 9.10. The van der Waals surface area contributed by atoms with E-state index in [0.717, 1.165) is 32.1 Å². The highest BCUT2D eigenvalue weighted by Gasteiger charge is 1.99. The Morgan fingerprint density at radius 2 is 1.69 bits per heavy atom. The van der Waals surface area contributed by atoms with Crippen molar-refractivity contribution < 1.29 is 17.3 Å². The molecule has 0 saturated carbocycles. The molecular weight excluding hydrogens is 192 g/mol. The van der Waals surface area contributed by atoms with Crippen molar-refractivity contribution in [3.63, 3.8) is 0 Å². The highest BCUT2D eigenvalue weighted by atomic mass is 32.2. The fourth-order valence-electron chi connectivity index (χ4n) is 0.763. The van der Waals surface area contributed by atoms with Gasteiger partial charge in [0.25, 0.3) is 10.1 Å². The van der Waals surface area contributed by atoms with Crippen LogP contribution >= 0.6 is 0 Å². The molecule has 0 rings (SSSR count). The first-order valence-corrected chi connectivity index (χ1v) is 6.30. The summed E-state index contributed by atoms with van der Waals surface area (Å²) in [5.74, 6) is 0. The summed E-state index contributed by atoms with van der Waals surface area (Å²) >= 11 is 0. The normalized spacial score (nSPS) is 11.8. The summed E-state index contributed by atoms with van der Waals surface area (Å²) in [6, 6.07) is 0. The van der Waals surface area contributed by atoms with Crippen LogP contribution in [0.4, 0.5) is 0 Å². The van der Waals surface area contributed by atoms with Crippen LogP contribution < -0.4 is 0 Å². The molecule has 0 aromatic heterocycles. The molecule has 0 radical (unpaired) electrons. The predicted molar refractivity (Wildman–Crippen MR) is 51.1 cm³/mol. The van der Waals surface area contributed by atoms with Gasteiger partial charge in [-0.2, -0.15) is 8.42 Å². The molecule has 0 aliphatic heterocycles. The minimum Gasteiger partial charge on any atom is -0.381 e. The second-order valence-electron chi connectivity index (χ2n) is 2.85. The lowest BCUT2D eigenvalue weighted by molar-refractivity contribution is 0.127. The van der Waals surface area contributed by atoms with E-state index in [9.17, 15) is 8.42 Å². The van der Waals surface area contributed by atoms with Gasteiger partial charge in [0.2, 0.25) is 0 Å². The van der Waals surface area contributed by atoms with Crippen LogP contribution in [0.25, 0.3) is 0 Å². The van der Waals surface area contributed by atoms with Crippen LogP contribution in [0.1, 0.15) is 26.2 Å². The van der Waals surface area contributed by atoms with E-state index in [1.165, 1.54) is 0 Å². The van der Waals surface area contributed by atoms with E-state index in [0.29, 0.717) is 6.61 Å². The van der Waals surface area contributed by atoms with Crippen molar-refractivity contribution in [3.05, 3.63) is 0 Å². The number of unbranched alkanes of at least 4 members (excludes halogenated alkanes) is 1. The van der Waals surface area contributed by atoms with E-state index < -0.39 is 10.1 Å². The molecule has 0 saturated heterocycles. The maximum Gasteiger partial charge on any atom is 0.264 e. The maximum atomic E-state index is 10.5. The van der Waals surface area contributed by atoms with E-state index >= 15 is 0 Å². The molecule has 0 unspecified atom stereocenters. The Bertz CT molecular complexity index is 198. The minimum absolute atomic E-state index is 0.258. The third-order valence-corrected chi connectivity index (χ3v) is 1.92. The molecule has 0 amide bonds. The van der Waals surface area contributed by atoms with Crippen LogP contribution in [0, 0.1) is 0 Å². The molecule has 0 fully saturated rings. The molecule has 5 heteroatoms. The Morgan fingerprint density at radius 1 is 1.08 bits per heavy atom. The van der Waals surface area contributed by atoms with E-state index in [1.807, 2.05) is 6.92 Å². The van der Waals surface area contributed by atoms with E-state index in [4.69, 9.17) is 4.74 Å².